The highest BCUT2D eigenvalue weighted by atomic mass is 16.6. The van der Waals surface area contributed by atoms with Gasteiger partial charge in [0.2, 0.25) is 6.20 Å². The topological polar surface area (TPSA) is 43.1 Å². The van der Waals surface area contributed by atoms with Gasteiger partial charge in [0.1, 0.15) is 0 Å². The molecule has 0 aromatic rings. The Balaban J connectivity index is 2.22. The fraction of sp³-hybridized carbons (Fsp3) is 0.667. The van der Waals surface area contributed by atoms with Crippen LogP contribution >= 0.6 is 0 Å². The second-order valence-electron chi connectivity index (χ2n) is 2.32. The van der Waals surface area contributed by atoms with Crippen LogP contribution in [0.15, 0.2) is 12.3 Å². The lowest BCUT2D eigenvalue weighted by Gasteiger charge is -2.19. The molecule has 3 nitrogen and oxygen atoms in total. The second kappa shape index (κ2) is 2.62. The summed E-state index contributed by atoms with van der Waals surface area (Å²) in [6.07, 6.45) is 6.22. The number of allylic oxidation sites excluding steroid dienone is 1. The molecule has 0 bridgehead atoms. The summed E-state index contributed by atoms with van der Waals surface area (Å²) < 4.78 is 0. The maximum atomic E-state index is 9.76. The molecule has 0 atom stereocenters. The van der Waals surface area contributed by atoms with E-state index < -0.39 is 4.92 Å². The predicted octanol–water partition coefficient (Wildman–Crippen LogP) is 1.58. The Bertz CT molecular complexity index is 138. The van der Waals surface area contributed by atoms with Gasteiger partial charge in [-0.15, -0.1) is 0 Å². The molecule has 1 aliphatic carbocycles. The first-order valence-corrected chi connectivity index (χ1v) is 3.11. The van der Waals surface area contributed by atoms with Gasteiger partial charge in [-0.2, -0.15) is 0 Å². The van der Waals surface area contributed by atoms with Gasteiger partial charge in [-0.1, -0.05) is 6.42 Å². The lowest BCUT2D eigenvalue weighted by molar-refractivity contribution is -0.403. The van der Waals surface area contributed by atoms with Crippen LogP contribution in [0.5, 0.6) is 0 Å². The number of nitrogens with zero attached hydrogens (tertiary/aromatic N) is 1. The van der Waals surface area contributed by atoms with E-state index in [1.54, 1.807) is 6.08 Å². The Morgan fingerprint density at radius 2 is 2.22 bits per heavy atom. The van der Waals surface area contributed by atoms with E-state index in [9.17, 15) is 10.1 Å². The van der Waals surface area contributed by atoms with Crippen LogP contribution < -0.4 is 0 Å². The largest absolute Gasteiger partial charge is 0.259 e. The van der Waals surface area contributed by atoms with Crippen molar-refractivity contribution in [2.45, 2.75) is 19.3 Å². The molecular weight excluding hydrogens is 118 g/mol. The highest BCUT2D eigenvalue weighted by molar-refractivity contribution is 4.87. The minimum absolute atomic E-state index is 0.404. The van der Waals surface area contributed by atoms with Gasteiger partial charge in [0.15, 0.2) is 0 Å². The summed E-state index contributed by atoms with van der Waals surface area (Å²) in [6.45, 7) is 0. The molecule has 3 heteroatoms. The second-order valence-corrected chi connectivity index (χ2v) is 2.32. The van der Waals surface area contributed by atoms with E-state index in [4.69, 9.17) is 0 Å². The van der Waals surface area contributed by atoms with Crippen molar-refractivity contribution in [1.82, 2.24) is 0 Å². The van der Waals surface area contributed by atoms with Crippen molar-refractivity contribution in [1.29, 1.82) is 0 Å². The Morgan fingerprint density at radius 1 is 1.56 bits per heavy atom. The van der Waals surface area contributed by atoms with Crippen LogP contribution in [0.3, 0.4) is 0 Å². The number of rotatable bonds is 2. The molecule has 0 saturated heterocycles. The molecule has 9 heavy (non-hydrogen) atoms. The molecule has 1 saturated carbocycles. The first kappa shape index (κ1) is 6.26. The van der Waals surface area contributed by atoms with Crippen LogP contribution in [0.2, 0.25) is 0 Å². The van der Waals surface area contributed by atoms with Gasteiger partial charge < -0.3 is 0 Å². The molecule has 50 valence electrons. The number of nitro groups is 1. The third-order valence-corrected chi connectivity index (χ3v) is 1.63. The summed E-state index contributed by atoms with van der Waals surface area (Å²) in [7, 11) is 0. The van der Waals surface area contributed by atoms with E-state index in [1.807, 2.05) is 0 Å². The lowest BCUT2D eigenvalue weighted by atomic mass is 9.86. The van der Waals surface area contributed by atoms with E-state index in [2.05, 4.69) is 0 Å². The van der Waals surface area contributed by atoms with Crippen molar-refractivity contribution >= 4 is 0 Å². The highest BCUT2D eigenvalue weighted by Gasteiger charge is 2.14. The zero-order valence-electron chi connectivity index (χ0n) is 5.12. The van der Waals surface area contributed by atoms with Gasteiger partial charge in [-0.05, 0) is 24.8 Å². The lowest BCUT2D eigenvalue weighted by Crippen LogP contribution is -2.07. The molecule has 0 aromatic carbocycles. The molecule has 0 aromatic heterocycles. The summed E-state index contributed by atoms with van der Waals surface area (Å²) in [6, 6.07) is 0. The quantitative estimate of drug-likeness (QED) is 0.417. The molecule has 0 unspecified atom stereocenters. The molecule has 1 aliphatic rings. The van der Waals surface area contributed by atoms with E-state index in [1.165, 1.54) is 6.42 Å². The monoisotopic (exact) mass is 127 g/mol. The van der Waals surface area contributed by atoms with Crippen molar-refractivity contribution in [3.05, 3.63) is 22.4 Å². The Labute approximate surface area is 53.5 Å². The molecule has 0 heterocycles. The van der Waals surface area contributed by atoms with Gasteiger partial charge in [0, 0.05) is 0 Å². The van der Waals surface area contributed by atoms with Gasteiger partial charge in [-0.25, -0.2) is 0 Å². The van der Waals surface area contributed by atoms with Crippen LogP contribution in [0, 0.1) is 16.0 Å². The summed E-state index contributed by atoms with van der Waals surface area (Å²) in [5, 5.41) is 9.76. The molecule has 1 rings (SSSR count). The minimum atomic E-state index is -0.404. The predicted molar refractivity (Wildman–Crippen MR) is 33.5 cm³/mol. The molecule has 0 N–H and O–H groups in total. The maximum Gasteiger partial charge on any atom is 0.230 e. The highest BCUT2D eigenvalue weighted by Crippen LogP contribution is 2.26. The van der Waals surface area contributed by atoms with E-state index in [0.717, 1.165) is 19.0 Å². The SMILES string of the molecule is O=[N+]([O-])/C=C\C1CCC1. The first-order chi connectivity index (χ1) is 4.29. The van der Waals surface area contributed by atoms with Crippen LogP contribution in [0.4, 0.5) is 0 Å². The summed E-state index contributed by atoms with van der Waals surface area (Å²) in [5.74, 6) is 0.496. The van der Waals surface area contributed by atoms with Crippen molar-refractivity contribution in [2.75, 3.05) is 0 Å². The van der Waals surface area contributed by atoms with Crippen molar-refractivity contribution in [2.24, 2.45) is 5.92 Å². The van der Waals surface area contributed by atoms with Crippen LogP contribution in [-0.4, -0.2) is 4.92 Å². The zero-order valence-corrected chi connectivity index (χ0v) is 5.12. The van der Waals surface area contributed by atoms with Crippen molar-refractivity contribution in [3.8, 4) is 0 Å². The van der Waals surface area contributed by atoms with Gasteiger partial charge in [0.05, 0.1) is 4.92 Å². The molecule has 0 radical (unpaired) electrons. The van der Waals surface area contributed by atoms with E-state index >= 15 is 0 Å². The number of hydrogen-bond acceptors (Lipinski definition) is 2. The molecular formula is C6H9NO2. The van der Waals surface area contributed by atoms with E-state index in [-0.39, 0.29) is 0 Å². The maximum absolute atomic E-state index is 9.76. The van der Waals surface area contributed by atoms with Crippen LogP contribution in [0.1, 0.15) is 19.3 Å². The molecule has 0 aliphatic heterocycles. The molecule has 1 fully saturated rings. The Hall–Kier alpha value is -0.860. The Kier molecular flexibility index (Phi) is 1.82. The normalized spacial score (nSPS) is 20.0. The van der Waals surface area contributed by atoms with Gasteiger partial charge >= 0.3 is 0 Å². The third kappa shape index (κ3) is 1.83. The van der Waals surface area contributed by atoms with E-state index in [0.29, 0.717) is 5.92 Å². The first-order valence-electron chi connectivity index (χ1n) is 3.11. The average molecular weight is 127 g/mol. The zero-order chi connectivity index (χ0) is 6.69. The van der Waals surface area contributed by atoms with Gasteiger partial charge in [0.25, 0.3) is 0 Å². The molecule has 0 spiro atoms. The summed E-state index contributed by atoms with van der Waals surface area (Å²) in [4.78, 5) is 9.36. The fourth-order valence-electron chi connectivity index (χ4n) is 0.824. The van der Waals surface area contributed by atoms with Crippen molar-refractivity contribution in [3.63, 3.8) is 0 Å². The average Bonchev–Trinajstić information content (AvgIpc) is 1.60. The standard InChI is InChI=1S/C6H9NO2/c8-7(9)5-4-6-2-1-3-6/h4-6H,1-3H2/b5-4-. The third-order valence-electron chi connectivity index (χ3n) is 1.63. The van der Waals surface area contributed by atoms with Crippen LogP contribution in [-0.2, 0) is 0 Å². The summed E-state index contributed by atoms with van der Waals surface area (Å²) in [5.41, 5.74) is 0. The fourth-order valence-corrected chi connectivity index (χ4v) is 0.824. The Morgan fingerprint density at radius 3 is 2.56 bits per heavy atom. The van der Waals surface area contributed by atoms with Crippen LogP contribution in [0.25, 0.3) is 0 Å². The number of hydrogen-bond donors (Lipinski definition) is 0. The smallest absolute Gasteiger partial charge is 0.230 e. The minimum Gasteiger partial charge on any atom is -0.259 e. The van der Waals surface area contributed by atoms with Crippen molar-refractivity contribution < 1.29 is 4.92 Å². The van der Waals surface area contributed by atoms with Gasteiger partial charge in [-0.3, -0.25) is 10.1 Å². The summed E-state index contributed by atoms with van der Waals surface area (Å²) >= 11 is 0. The molecule has 0 amide bonds.